The fraction of sp³-hybridized carbons (Fsp3) is 0.533. The molecular formula is C15H19BrO3. The summed E-state index contributed by atoms with van der Waals surface area (Å²) >= 11 is 3.42. The van der Waals surface area contributed by atoms with Gasteiger partial charge in [0.2, 0.25) is 0 Å². The number of rotatable bonds is 3. The predicted molar refractivity (Wildman–Crippen MR) is 77.0 cm³/mol. The molecule has 0 aromatic heterocycles. The van der Waals surface area contributed by atoms with Crippen LogP contribution in [0.3, 0.4) is 0 Å². The summed E-state index contributed by atoms with van der Waals surface area (Å²) < 4.78 is 5.33. The van der Waals surface area contributed by atoms with Crippen LogP contribution in [0.4, 0.5) is 0 Å². The second-order valence-corrected chi connectivity index (χ2v) is 5.66. The highest BCUT2D eigenvalue weighted by molar-refractivity contribution is 9.08. The van der Waals surface area contributed by atoms with Crippen molar-refractivity contribution in [2.24, 2.45) is 0 Å². The number of carbonyl (C=O) groups is 1. The summed E-state index contributed by atoms with van der Waals surface area (Å²) in [5.74, 6) is -0.332. The molecule has 0 saturated heterocycles. The molecule has 1 saturated carbocycles. The Morgan fingerprint density at radius 1 is 1.53 bits per heavy atom. The second kappa shape index (κ2) is 6.06. The largest absolute Gasteiger partial charge is 0.459 e. The van der Waals surface area contributed by atoms with Gasteiger partial charge in [0.15, 0.2) is 0 Å². The van der Waals surface area contributed by atoms with Crippen molar-refractivity contribution in [1.82, 2.24) is 0 Å². The molecule has 0 unspecified atom stereocenters. The van der Waals surface area contributed by atoms with Crippen LogP contribution in [0.1, 0.15) is 43.7 Å². The van der Waals surface area contributed by atoms with Gasteiger partial charge in [-0.3, -0.25) is 4.79 Å². The molecule has 2 rings (SSSR count). The van der Waals surface area contributed by atoms with Gasteiger partial charge >= 0.3 is 5.97 Å². The standard InChI is InChI=1S/C15H19BrO3/c1-11(17)19-14-7-2-3-8-15(14,18)13-6-4-5-12(9-13)10-16/h4-6,9,14,18H,2-3,7-8,10H2,1H3/t14-,15-/m1/s1. The van der Waals surface area contributed by atoms with Crippen LogP contribution in [0.2, 0.25) is 0 Å². The van der Waals surface area contributed by atoms with Gasteiger partial charge < -0.3 is 9.84 Å². The molecule has 1 N–H and O–H groups in total. The van der Waals surface area contributed by atoms with Crippen LogP contribution in [0.5, 0.6) is 0 Å². The molecule has 1 aromatic carbocycles. The lowest BCUT2D eigenvalue weighted by Crippen LogP contribution is -2.44. The van der Waals surface area contributed by atoms with E-state index in [2.05, 4.69) is 15.9 Å². The van der Waals surface area contributed by atoms with Crippen LogP contribution in [-0.2, 0) is 20.5 Å². The molecule has 1 aliphatic carbocycles. The van der Waals surface area contributed by atoms with E-state index in [1.165, 1.54) is 6.92 Å². The molecule has 0 aliphatic heterocycles. The summed E-state index contributed by atoms with van der Waals surface area (Å²) in [5.41, 5.74) is 0.899. The second-order valence-electron chi connectivity index (χ2n) is 5.10. The fourth-order valence-corrected chi connectivity index (χ4v) is 3.08. The quantitative estimate of drug-likeness (QED) is 0.685. The summed E-state index contributed by atoms with van der Waals surface area (Å²) in [6, 6.07) is 7.83. The highest BCUT2D eigenvalue weighted by atomic mass is 79.9. The van der Waals surface area contributed by atoms with E-state index in [4.69, 9.17) is 4.74 Å². The molecule has 1 aromatic rings. The lowest BCUT2D eigenvalue weighted by Gasteiger charge is -2.39. The Morgan fingerprint density at radius 2 is 2.32 bits per heavy atom. The zero-order valence-electron chi connectivity index (χ0n) is 11.1. The predicted octanol–water partition coefficient (Wildman–Crippen LogP) is 3.27. The molecule has 4 heteroatoms. The molecule has 0 radical (unpaired) electrons. The topological polar surface area (TPSA) is 46.5 Å². The van der Waals surface area contributed by atoms with Gasteiger partial charge in [-0.2, -0.15) is 0 Å². The van der Waals surface area contributed by atoms with E-state index < -0.39 is 11.7 Å². The van der Waals surface area contributed by atoms with Gasteiger partial charge in [-0.05, 0) is 36.8 Å². The highest BCUT2D eigenvalue weighted by Gasteiger charge is 2.42. The first-order valence-electron chi connectivity index (χ1n) is 6.61. The summed E-state index contributed by atoms with van der Waals surface area (Å²) in [6.45, 7) is 1.39. The summed E-state index contributed by atoms with van der Waals surface area (Å²) in [4.78, 5) is 11.2. The molecular weight excluding hydrogens is 308 g/mol. The number of benzene rings is 1. The first-order valence-corrected chi connectivity index (χ1v) is 7.73. The van der Waals surface area contributed by atoms with E-state index in [1.807, 2.05) is 24.3 Å². The van der Waals surface area contributed by atoms with Crippen molar-refractivity contribution in [3.05, 3.63) is 35.4 Å². The van der Waals surface area contributed by atoms with E-state index in [9.17, 15) is 9.90 Å². The molecule has 0 amide bonds. The van der Waals surface area contributed by atoms with Gasteiger partial charge in [0, 0.05) is 12.3 Å². The number of hydrogen-bond donors (Lipinski definition) is 1. The maximum Gasteiger partial charge on any atom is 0.303 e. The average Bonchev–Trinajstić information content (AvgIpc) is 2.41. The lowest BCUT2D eigenvalue weighted by atomic mass is 9.77. The average molecular weight is 327 g/mol. The van der Waals surface area contributed by atoms with Crippen LogP contribution in [0.15, 0.2) is 24.3 Å². The number of carbonyl (C=O) groups excluding carboxylic acids is 1. The molecule has 2 atom stereocenters. The monoisotopic (exact) mass is 326 g/mol. The first-order chi connectivity index (χ1) is 9.06. The van der Waals surface area contributed by atoms with Gasteiger partial charge in [0.05, 0.1) is 0 Å². The number of halogens is 1. The van der Waals surface area contributed by atoms with E-state index >= 15 is 0 Å². The van der Waals surface area contributed by atoms with Crippen molar-refractivity contribution in [2.45, 2.75) is 49.6 Å². The number of alkyl halides is 1. The third-order valence-corrected chi connectivity index (χ3v) is 4.34. The van der Waals surface area contributed by atoms with Crippen molar-refractivity contribution in [2.75, 3.05) is 0 Å². The number of ether oxygens (including phenoxy) is 1. The van der Waals surface area contributed by atoms with E-state index in [0.29, 0.717) is 12.8 Å². The molecule has 0 bridgehead atoms. The van der Waals surface area contributed by atoms with Crippen molar-refractivity contribution in [3.63, 3.8) is 0 Å². The van der Waals surface area contributed by atoms with Gasteiger partial charge in [-0.25, -0.2) is 0 Å². The number of aliphatic hydroxyl groups is 1. The van der Waals surface area contributed by atoms with Crippen molar-refractivity contribution >= 4 is 21.9 Å². The van der Waals surface area contributed by atoms with Crippen LogP contribution >= 0.6 is 15.9 Å². The Balaban J connectivity index is 2.32. The molecule has 104 valence electrons. The van der Waals surface area contributed by atoms with E-state index in [1.54, 1.807) is 0 Å². The first kappa shape index (κ1) is 14.5. The van der Waals surface area contributed by atoms with Crippen LogP contribution in [-0.4, -0.2) is 17.2 Å². The molecule has 1 aliphatic rings. The Labute approximate surface area is 122 Å². The minimum atomic E-state index is -1.05. The van der Waals surface area contributed by atoms with Gasteiger partial charge in [-0.15, -0.1) is 0 Å². The summed E-state index contributed by atoms with van der Waals surface area (Å²) in [5, 5.41) is 11.7. The SMILES string of the molecule is CC(=O)O[C@@H]1CCCC[C@@]1(O)c1cccc(CBr)c1. The molecule has 0 spiro atoms. The maximum absolute atomic E-state index is 11.2. The Hall–Kier alpha value is -0.870. The lowest BCUT2D eigenvalue weighted by molar-refractivity contribution is -0.171. The molecule has 0 heterocycles. The zero-order valence-corrected chi connectivity index (χ0v) is 12.6. The normalized spacial score (nSPS) is 27.0. The Bertz CT molecular complexity index is 460. The third kappa shape index (κ3) is 3.18. The molecule has 3 nitrogen and oxygen atoms in total. The minimum Gasteiger partial charge on any atom is -0.459 e. The fourth-order valence-electron chi connectivity index (χ4n) is 2.73. The maximum atomic E-state index is 11.2. The summed E-state index contributed by atoms with van der Waals surface area (Å²) in [7, 11) is 0. The third-order valence-electron chi connectivity index (χ3n) is 3.70. The number of esters is 1. The van der Waals surface area contributed by atoms with Gasteiger partial charge in [0.1, 0.15) is 11.7 Å². The number of hydrogen-bond acceptors (Lipinski definition) is 3. The Kier molecular flexibility index (Phi) is 4.63. The van der Waals surface area contributed by atoms with Gasteiger partial charge in [0.25, 0.3) is 0 Å². The molecule has 1 fully saturated rings. The smallest absolute Gasteiger partial charge is 0.303 e. The van der Waals surface area contributed by atoms with Crippen molar-refractivity contribution < 1.29 is 14.6 Å². The molecule has 19 heavy (non-hydrogen) atoms. The van der Waals surface area contributed by atoms with Crippen LogP contribution in [0, 0.1) is 0 Å². The zero-order chi connectivity index (χ0) is 13.9. The van der Waals surface area contributed by atoms with Crippen LogP contribution in [0.25, 0.3) is 0 Å². The Morgan fingerprint density at radius 3 is 3.00 bits per heavy atom. The van der Waals surface area contributed by atoms with Crippen LogP contribution < -0.4 is 0 Å². The highest BCUT2D eigenvalue weighted by Crippen LogP contribution is 2.39. The van der Waals surface area contributed by atoms with Crippen molar-refractivity contribution in [3.8, 4) is 0 Å². The van der Waals surface area contributed by atoms with Gasteiger partial charge in [-0.1, -0.05) is 40.2 Å². The van der Waals surface area contributed by atoms with Crippen molar-refractivity contribution in [1.29, 1.82) is 0 Å². The summed E-state index contributed by atoms with van der Waals surface area (Å²) in [6.07, 6.45) is 2.85. The van der Waals surface area contributed by atoms with E-state index in [-0.39, 0.29) is 5.97 Å². The van der Waals surface area contributed by atoms with E-state index in [0.717, 1.165) is 29.3 Å². The minimum absolute atomic E-state index is 0.332.